The molecule has 5 rings (SSSR count). The molecule has 0 bridgehead atoms. The molecule has 1 aliphatic rings. The molecule has 10 nitrogen and oxygen atoms in total. The van der Waals surface area contributed by atoms with Crippen molar-refractivity contribution in [3.63, 3.8) is 0 Å². The quantitative estimate of drug-likeness (QED) is 0.259. The lowest BCUT2D eigenvalue weighted by atomic mass is 9.96. The molecule has 3 N–H and O–H groups in total. The lowest BCUT2D eigenvalue weighted by Crippen LogP contribution is -2.46. The second-order valence-corrected chi connectivity index (χ2v) is 11.0. The number of pyridine rings is 1. The fourth-order valence-corrected chi connectivity index (χ4v) is 5.61. The number of nitrogens with one attached hydrogen (secondary N) is 2. The first-order valence-corrected chi connectivity index (χ1v) is 14.4. The smallest absolute Gasteiger partial charge is 0.279 e. The van der Waals surface area contributed by atoms with Gasteiger partial charge in [0.05, 0.1) is 30.5 Å². The third-order valence-electron chi connectivity index (χ3n) is 7.44. The number of anilines is 1. The zero-order valence-electron chi connectivity index (χ0n) is 23.9. The van der Waals surface area contributed by atoms with Crippen molar-refractivity contribution >= 4 is 34.8 Å². The average molecular weight is 625 g/mol. The first kappa shape index (κ1) is 30.7. The second-order valence-electron chi connectivity index (χ2n) is 10.2. The first-order valence-electron chi connectivity index (χ1n) is 13.6. The van der Waals surface area contributed by atoms with Gasteiger partial charge in [0.1, 0.15) is 5.56 Å². The van der Waals surface area contributed by atoms with Gasteiger partial charge in [0.2, 0.25) is 5.88 Å². The number of aliphatic hydroxyl groups excluding tert-OH is 1. The molecule has 224 valence electrons. The highest BCUT2D eigenvalue weighted by molar-refractivity contribution is 6.36. The van der Waals surface area contributed by atoms with Crippen LogP contribution < -0.4 is 20.9 Å². The molecule has 4 aromatic rings. The van der Waals surface area contributed by atoms with Gasteiger partial charge in [0, 0.05) is 48.6 Å². The highest BCUT2D eigenvalue weighted by Crippen LogP contribution is 2.39. The van der Waals surface area contributed by atoms with Gasteiger partial charge in [0.25, 0.3) is 11.5 Å². The summed E-state index contributed by atoms with van der Waals surface area (Å²) in [6.45, 7) is 3.26. The van der Waals surface area contributed by atoms with Crippen LogP contribution in [0.1, 0.15) is 27.9 Å². The number of methoxy groups -OCH3 is 1. The SMILES string of the molecule is COc1nc(-c2cccc(-c3cccc(NC(=O)c4cc(Cl)nn(C)c4=O)c3C)c2Cl)ccc1CNC1CCOC[C@@H]1O. The Kier molecular flexibility index (Phi) is 9.43. The molecule has 0 saturated carbocycles. The molecular weight excluding hydrogens is 593 g/mol. The van der Waals surface area contributed by atoms with E-state index in [1.165, 1.54) is 13.1 Å². The minimum absolute atomic E-state index is 0.0361. The molecule has 1 fully saturated rings. The summed E-state index contributed by atoms with van der Waals surface area (Å²) in [5.41, 5.74) is 4.34. The Balaban J connectivity index is 1.41. The summed E-state index contributed by atoms with van der Waals surface area (Å²) in [4.78, 5) is 30.2. The summed E-state index contributed by atoms with van der Waals surface area (Å²) in [5, 5.41) is 20.7. The Morgan fingerprint density at radius 1 is 1.14 bits per heavy atom. The molecule has 43 heavy (non-hydrogen) atoms. The second kappa shape index (κ2) is 13.2. The average Bonchev–Trinajstić information content (AvgIpc) is 3.00. The van der Waals surface area contributed by atoms with E-state index in [-0.39, 0.29) is 16.8 Å². The topological polar surface area (TPSA) is 128 Å². The number of aryl methyl sites for hydroxylation is 1. The van der Waals surface area contributed by atoms with Gasteiger partial charge in [-0.05, 0) is 42.7 Å². The zero-order valence-corrected chi connectivity index (χ0v) is 25.4. The Hall–Kier alpha value is -3.80. The minimum Gasteiger partial charge on any atom is -0.481 e. The van der Waals surface area contributed by atoms with Crippen molar-refractivity contribution in [1.29, 1.82) is 0 Å². The Bertz CT molecular complexity index is 1730. The van der Waals surface area contributed by atoms with Crippen LogP contribution in [0.4, 0.5) is 5.69 Å². The van der Waals surface area contributed by atoms with E-state index in [0.29, 0.717) is 47.6 Å². The van der Waals surface area contributed by atoms with Gasteiger partial charge in [-0.15, -0.1) is 0 Å². The molecule has 1 unspecified atom stereocenters. The maximum absolute atomic E-state index is 13.0. The number of hydrogen-bond acceptors (Lipinski definition) is 8. The number of nitrogens with zero attached hydrogens (tertiary/aromatic N) is 3. The van der Waals surface area contributed by atoms with E-state index in [9.17, 15) is 14.7 Å². The zero-order chi connectivity index (χ0) is 30.7. The third kappa shape index (κ3) is 6.58. The van der Waals surface area contributed by atoms with E-state index in [0.717, 1.165) is 33.4 Å². The van der Waals surface area contributed by atoms with Crippen LogP contribution in [0.2, 0.25) is 10.2 Å². The fourth-order valence-electron chi connectivity index (χ4n) is 5.06. The van der Waals surface area contributed by atoms with Gasteiger partial charge in [-0.2, -0.15) is 5.10 Å². The number of halogens is 2. The van der Waals surface area contributed by atoms with Gasteiger partial charge >= 0.3 is 0 Å². The van der Waals surface area contributed by atoms with Crippen molar-refractivity contribution in [2.75, 3.05) is 25.6 Å². The van der Waals surface area contributed by atoms with Crippen molar-refractivity contribution in [1.82, 2.24) is 20.1 Å². The van der Waals surface area contributed by atoms with Crippen LogP contribution >= 0.6 is 23.2 Å². The summed E-state index contributed by atoms with van der Waals surface area (Å²) in [6, 6.07) is 16.1. The van der Waals surface area contributed by atoms with Crippen molar-refractivity contribution in [2.24, 2.45) is 7.05 Å². The Morgan fingerprint density at radius 2 is 1.88 bits per heavy atom. The molecule has 2 aromatic heterocycles. The molecule has 0 radical (unpaired) electrons. The number of amides is 1. The van der Waals surface area contributed by atoms with E-state index in [2.05, 4.69) is 15.7 Å². The van der Waals surface area contributed by atoms with Crippen LogP contribution in [-0.2, 0) is 18.3 Å². The van der Waals surface area contributed by atoms with Crippen LogP contribution in [0.3, 0.4) is 0 Å². The summed E-state index contributed by atoms with van der Waals surface area (Å²) >= 11 is 13.0. The number of hydrogen-bond donors (Lipinski definition) is 3. The molecule has 2 aromatic carbocycles. The van der Waals surface area contributed by atoms with Gasteiger partial charge < -0.3 is 25.2 Å². The van der Waals surface area contributed by atoms with Crippen LogP contribution in [0, 0.1) is 6.92 Å². The number of carbonyl (C=O) groups is 1. The van der Waals surface area contributed by atoms with Crippen LogP contribution in [-0.4, -0.2) is 58.2 Å². The number of ether oxygens (including phenoxy) is 2. The molecule has 1 aliphatic heterocycles. The number of aromatic nitrogens is 3. The van der Waals surface area contributed by atoms with E-state index in [1.807, 2.05) is 43.3 Å². The van der Waals surface area contributed by atoms with E-state index in [4.69, 9.17) is 37.7 Å². The molecular formula is C31H31Cl2N5O5. The van der Waals surface area contributed by atoms with Gasteiger partial charge in [0.15, 0.2) is 5.15 Å². The lowest BCUT2D eigenvalue weighted by molar-refractivity contribution is -0.0281. The normalized spacial score (nSPS) is 16.6. The lowest BCUT2D eigenvalue weighted by Gasteiger charge is -2.28. The highest BCUT2D eigenvalue weighted by Gasteiger charge is 2.24. The van der Waals surface area contributed by atoms with E-state index >= 15 is 0 Å². The fraction of sp³-hybridized carbons (Fsp3) is 0.290. The van der Waals surface area contributed by atoms with Crippen molar-refractivity contribution in [2.45, 2.75) is 32.0 Å². The number of benzene rings is 2. The highest BCUT2D eigenvalue weighted by atomic mass is 35.5. The van der Waals surface area contributed by atoms with Crippen LogP contribution in [0.15, 0.2) is 59.4 Å². The molecule has 12 heteroatoms. The Morgan fingerprint density at radius 3 is 2.65 bits per heavy atom. The van der Waals surface area contributed by atoms with E-state index < -0.39 is 17.6 Å². The van der Waals surface area contributed by atoms with Crippen molar-refractivity contribution < 1.29 is 19.4 Å². The predicted octanol–water partition coefficient (Wildman–Crippen LogP) is 4.62. The molecule has 2 atom stereocenters. The van der Waals surface area contributed by atoms with Gasteiger partial charge in [-0.25, -0.2) is 9.67 Å². The minimum atomic E-state index is -0.595. The maximum Gasteiger partial charge on any atom is 0.279 e. The monoisotopic (exact) mass is 623 g/mol. The first-order chi connectivity index (χ1) is 20.7. The van der Waals surface area contributed by atoms with Crippen molar-refractivity contribution in [3.05, 3.63) is 91.8 Å². The van der Waals surface area contributed by atoms with Crippen molar-refractivity contribution in [3.8, 4) is 28.3 Å². The number of aliphatic hydroxyl groups is 1. The predicted molar refractivity (Wildman–Crippen MR) is 166 cm³/mol. The number of carbonyl (C=O) groups excluding carboxylic acids is 1. The summed E-state index contributed by atoms with van der Waals surface area (Å²) in [5.74, 6) is -0.140. The molecule has 3 heterocycles. The number of rotatable bonds is 8. The maximum atomic E-state index is 13.0. The molecule has 0 aliphatic carbocycles. The molecule has 1 saturated heterocycles. The molecule has 0 spiro atoms. The summed E-state index contributed by atoms with van der Waals surface area (Å²) in [7, 11) is 3.00. The van der Waals surface area contributed by atoms with Gasteiger partial charge in [-0.3, -0.25) is 9.59 Å². The van der Waals surface area contributed by atoms with E-state index in [1.54, 1.807) is 19.2 Å². The summed E-state index contributed by atoms with van der Waals surface area (Å²) in [6.07, 6.45) is 0.156. The summed E-state index contributed by atoms with van der Waals surface area (Å²) < 4.78 is 11.9. The van der Waals surface area contributed by atoms with Crippen LogP contribution in [0.25, 0.3) is 22.4 Å². The third-order valence-corrected chi connectivity index (χ3v) is 8.03. The van der Waals surface area contributed by atoms with Crippen LogP contribution in [0.5, 0.6) is 5.88 Å². The Labute approximate surface area is 258 Å². The molecule has 1 amide bonds. The standard InChI is InChI=1S/C31H31Cl2N5O5/c1-17-19(6-5-9-23(17)35-29(40)22-14-27(32)37-38(2)31(22)41)20-7-4-8-21(28(20)33)24-11-10-18(30(36-24)42-3)15-34-25-12-13-43-16-26(25)39/h4-11,14,25-26,34,39H,12-13,15-16H2,1-3H3,(H,35,40)/t25?,26-/m0/s1. The largest absolute Gasteiger partial charge is 0.481 e. The van der Waals surface area contributed by atoms with Gasteiger partial charge in [-0.1, -0.05) is 59.6 Å².